The van der Waals surface area contributed by atoms with Crippen LogP contribution in [0.25, 0.3) is 11.3 Å². The summed E-state index contributed by atoms with van der Waals surface area (Å²) in [5, 5.41) is 19.5. The van der Waals surface area contributed by atoms with Crippen molar-refractivity contribution in [1.29, 1.82) is 0 Å². The van der Waals surface area contributed by atoms with E-state index >= 15 is 0 Å². The molecule has 32 heavy (non-hydrogen) atoms. The first-order valence-electron chi connectivity index (χ1n) is 10.0. The van der Waals surface area contributed by atoms with Gasteiger partial charge in [0.1, 0.15) is 42.2 Å². The molecular formula is C23H22F2N4O3. The van der Waals surface area contributed by atoms with Crippen molar-refractivity contribution in [3.8, 4) is 11.3 Å². The first-order chi connectivity index (χ1) is 15.4. The van der Waals surface area contributed by atoms with E-state index < -0.39 is 23.3 Å². The summed E-state index contributed by atoms with van der Waals surface area (Å²) in [6.07, 6.45) is 1.78. The van der Waals surface area contributed by atoms with E-state index in [9.17, 15) is 13.9 Å². The molecule has 4 aromatic rings. The van der Waals surface area contributed by atoms with Crippen molar-refractivity contribution in [2.24, 2.45) is 0 Å². The Morgan fingerprint density at radius 1 is 1.19 bits per heavy atom. The molecule has 0 amide bonds. The average Bonchev–Trinajstić information content (AvgIpc) is 3.44. The molecule has 0 bridgehead atoms. The van der Waals surface area contributed by atoms with Gasteiger partial charge in [-0.3, -0.25) is 0 Å². The van der Waals surface area contributed by atoms with Gasteiger partial charge in [-0.15, -0.1) is 0 Å². The van der Waals surface area contributed by atoms with Gasteiger partial charge in [0.25, 0.3) is 0 Å². The average molecular weight is 440 g/mol. The molecule has 0 fully saturated rings. The highest BCUT2D eigenvalue weighted by molar-refractivity contribution is 5.62. The Bertz CT molecular complexity index is 1200. The van der Waals surface area contributed by atoms with Gasteiger partial charge in [0.2, 0.25) is 0 Å². The van der Waals surface area contributed by atoms with Crippen LogP contribution in [-0.4, -0.2) is 31.1 Å². The van der Waals surface area contributed by atoms with Crippen molar-refractivity contribution in [3.05, 3.63) is 89.7 Å². The molecule has 9 heteroatoms. The topological polar surface area (TPSA) is 86.2 Å². The van der Waals surface area contributed by atoms with Crippen molar-refractivity contribution in [3.63, 3.8) is 0 Å². The largest absolute Gasteiger partial charge is 0.380 e. The highest BCUT2D eigenvalue weighted by Gasteiger charge is 2.40. The number of ether oxygens (including phenoxy) is 1. The van der Waals surface area contributed by atoms with Crippen LogP contribution in [0, 0.1) is 18.6 Å². The van der Waals surface area contributed by atoms with Crippen molar-refractivity contribution in [2.75, 3.05) is 0 Å². The Kier molecular flexibility index (Phi) is 6.11. The van der Waals surface area contributed by atoms with Gasteiger partial charge in [0.15, 0.2) is 5.76 Å². The maximum Gasteiger partial charge on any atom is 0.163 e. The molecule has 4 rings (SSSR count). The van der Waals surface area contributed by atoms with Gasteiger partial charge in [-0.1, -0.05) is 35.5 Å². The molecule has 2 aromatic heterocycles. The first kappa shape index (κ1) is 21.8. The molecule has 2 unspecified atom stereocenters. The molecule has 2 heterocycles. The number of aliphatic hydroxyl groups is 1. The van der Waals surface area contributed by atoms with Crippen LogP contribution in [-0.2, 0) is 23.5 Å². The summed E-state index contributed by atoms with van der Waals surface area (Å²) in [6, 6.07) is 12.5. The molecule has 2 atom stereocenters. The van der Waals surface area contributed by atoms with Crippen molar-refractivity contribution in [1.82, 2.24) is 19.9 Å². The first-order valence-corrected chi connectivity index (χ1v) is 10.0. The van der Waals surface area contributed by atoms with Gasteiger partial charge >= 0.3 is 0 Å². The molecule has 0 aliphatic rings. The summed E-state index contributed by atoms with van der Waals surface area (Å²) in [5.41, 5.74) is 0.684. The lowest BCUT2D eigenvalue weighted by molar-refractivity contribution is -0.126. The minimum Gasteiger partial charge on any atom is -0.380 e. The quantitative estimate of drug-likeness (QED) is 0.446. The van der Waals surface area contributed by atoms with E-state index in [2.05, 4.69) is 15.2 Å². The summed E-state index contributed by atoms with van der Waals surface area (Å²) in [4.78, 5) is 3.85. The summed E-state index contributed by atoms with van der Waals surface area (Å²) < 4.78 is 40.6. The van der Waals surface area contributed by atoms with Crippen molar-refractivity contribution in [2.45, 2.75) is 38.7 Å². The molecule has 7 nitrogen and oxygen atoms in total. The SMILES string of the molecule is Cc1ccccc1-c1cc(COC(C)C(O)(Cn2cncn2)c2ccc(F)cc2F)on1. The van der Waals surface area contributed by atoms with E-state index in [1.54, 1.807) is 13.0 Å². The van der Waals surface area contributed by atoms with Crippen LogP contribution in [0.15, 0.2) is 65.7 Å². The molecule has 0 radical (unpaired) electrons. The summed E-state index contributed by atoms with van der Waals surface area (Å²) in [7, 11) is 0. The predicted octanol–water partition coefficient (Wildman–Crippen LogP) is 4.01. The van der Waals surface area contributed by atoms with Gasteiger partial charge in [-0.25, -0.2) is 18.4 Å². The standard InChI is InChI=1S/C23H22F2N4O3/c1-15-5-3-4-6-19(15)22-10-18(32-28-22)11-31-16(2)23(30,12-29-14-26-13-27-29)20-8-7-17(24)9-21(20)25/h3-10,13-14,16,30H,11-12H2,1-2H3. The smallest absolute Gasteiger partial charge is 0.163 e. The second kappa shape index (κ2) is 8.97. The maximum absolute atomic E-state index is 14.6. The third-order valence-electron chi connectivity index (χ3n) is 5.40. The van der Waals surface area contributed by atoms with Crippen LogP contribution < -0.4 is 0 Å². The fraction of sp³-hybridized carbons (Fsp3) is 0.261. The summed E-state index contributed by atoms with van der Waals surface area (Å²) in [6.45, 7) is 3.41. The number of benzene rings is 2. The third-order valence-corrected chi connectivity index (χ3v) is 5.40. The Morgan fingerprint density at radius 2 is 2.00 bits per heavy atom. The molecule has 0 aliphatic carbocycles. The normalized spacial score (nSPS) is 14.3. The molecule has 0 saturated carbocycles. The maximum atomic E-state index is 14.6. The Hall–Kier alpha value is -3.43. The zero-order valence-electron chi connectivity index (χ0n) is 17.6. The van der Waals surface area contributed by atoms with Crippen molar-refractivity contribution >= 4 is 0 Å². The summed E-state index contributed by atoms with van der Waals surface area (Å²) >= 11 is 0. The number of hydrogen-bond donors (Lipinski definition) is 1. The molecular weight excluding hydrogens is 418 g/mol. The van der Waals surface area contributed by atoms with Crippen LogP contribution in [0.2, 0.25) is 0 Å². The fourth-order valence-electron chi connectivity index (χ4n) is 3.55. The lowest BCUT2D eigenvalue weighted by Gasteiger charge is -2.34. The molecule has 0 saturated heterocycles. The second-order valence-corrected chi connectivity index (χ2v) is 7.59. The number of halogens is 2. The van der Waals surface area contributed by atoms with Crippen LogP contribution in [0.4, 0.5) is 8.78 Å². The van der Waals surface area contributed by atoms with E-state index in [1.165, 1.54) is 23.4 Å². The van der Waals surface area contributed by atoms with E-state index in [-0.39, 0.29) is 18.7 Å². The number of aryl methyl sites for hydroxylation is 1. The van der Waals surface area contributed by atoms with E-state index in [0.717, 1.165) is 23.3 Å². The second-order valence-electron chi connectivity index (χ2n) is 7.59. The third kappa shape index (κ3) is 4.44. The van der Waals surface area contributed by atoms with E-state index in [0.29, 0.717) is 11.5 Å². The Balaban J connectivity index is 1.55. The van der Waals surface area contributed by atoms with Gasteiger partial charge in [0.05, 0.1) is 12.6 Å². The molecule has 1 N–H and O–H groups in total. The number of nitrogens with zero attached hydrogens (tertiary/aromatic N) is 4. The Labute approximate surface area is 183 Å². The number of hydrogen-bond acceptors (Lipinski definition) is 6. The number of rotatable bonds is 8. The monoisotopic (exact) mass is 440 g/mol. The lowest BCUT2D eigenvalue weighted by Crippen LogP contribution is -2.44. The molecule has 166 valence electrons. The van der Waals surface area contributed by atoms with Crippen LogP contribution in [0.5, 0.6) is 0 Å². The van der Waals surface area contributed by atoms with Crippen LogP contribution in [0.3, 0.4) is 0 Å². The zero-order valence-corrected chi connectivity index (χ0v) is 17.6. The van der Waals surface area contributed by atoms with Crippen LogP contribution >= 0.6 is 0 Å². The van der Waals surface area contributed by atoms with Gasteiger partial charge < -0.3 is 14.4 Å². The molecule has 2 aromatic carbocycles. The van der Waals surface area contributed by atoms with Gasteiger partial charge in [-0.2, -0.15) is 5.10 Å². The number of aromatic nitrogens is 4. The zero-order chi connectivity index (χ0) is 22.7. The minimum absolute atomic E-state index is 0.0114. The minimum atomic E-state index is -1.86. The van der Waals surface area contributed by atoms with Crippen molar-refractivity contribution < 1.29 is 23.1 Å². The lowest BCUT2D eigenvalue weighted by atomic mass is 9.88. The highest BCUT2D eigenvalue weighted by atomic mass is 19.1. The summed E-state index contributed by atoms with van der Waals surface area (Å²) in [5.74, 6) is -1.18. The molecule has 0 aliphatic heterocycles. The predicted molar refractivity (Wildman–Crippen MR) is 111 cm³/mol. The molecule has 0 spiro atoms. The van der Waals surface area contributed by atoms with E-state index in [1.807, 2.05) is 31.2 Å². The van der Waals surface area contributed by atoms with Crippen LogP contribution in [0.1, 0.15) is 23.8 Å². The highest BCUT2D eigenvalue weighted by Crippen LogP contribution is 2.32. The fourth-order valence-corrected chi connectivity index (χ4v) is 3.55. The van der Waals surface area contributed by atoms with Gasteiger partial charge in [0, 0.05) is 23.3 Å². The Morgan fingerprint density at radius 3 is 2.72 bits per heavy atom. The van der Waals surface area contributed by atoms with Gasteiger partial charge in [-0.05, 0) is 25.5 Å². The van der Waals surface area contributed by atoms with E-state index in [4.69, 9.17) is 9.26 Å².